The van der Waals surface area contributed by atoms with Gasteiger partial charge in [-0.2, -0.15) is 0 Å². The van der Waals surface area contributed by atoms with E-state index < -0.39 is 6.10 Å². The Balaban J connectivity index is 4.19. The van der Waals surface area contributed by atoms with Crippen molar-refractivity contribution < 1.29 is 28.6 Å². The Morgan fingerprint density at radius 3 is 0.795 bits per heavy atom. The summed E-state index contributed by atoms with van der Waals surface area (Å²) >= 11 is 0. The number of carbonyl (C=O) groups is 3. The summed E-state index contributed by atoms with van der Waals surface area (Å²) in [5, 5.41) is 0. The van der Waals surface area contributed by atoms with Crippen molar-refractivity contribution in [1.82, 2.24) is 0 Å². The van der Waals surface area contributed by atoms with Crippen molar-refractivity contribution in [3.8, 4) is 0 Å². The first kappa shape index (κ1) is 74.3. The lowest BCUT2D eigenvalue weighted by Crippen LogP contribution is -2.30. The van der Waals surface area contributed by atoms with Crippen LogP contribution in [-0.4, -0.2) is 37.2 Å². The van der Waals surface area contributed by atoms with Gasteiger partial charge in [-0.05, 0) is 103 Å². The maximum absolute atomic E-state index is 12.9. The number of esters is 3. The zero-order valence-electron chi connectivity index (χ0n) is 51.4. The van der Waals surface area contributed by atoms with Crippen LogP contribution in [0.1, 0.15) is 323 Å². The Morgan fingerprint density at radius 2 is 0.500 bits per heavy atom. The molecule has 0 saturated heterocycles. The van der Waals surface area contributed by atoms with Crippen molar-refractivity contribution in [2.24, 2.45) is 0 Å². The predicted molar refractivity (Wildman–Crippen MR) is 339 cm³/mol. The van der Waals surface area contributed by atoms with Gasteiger partial charge in [0.15, 0.2) is 6.10 Å². The van der Waals surface area contributed by atoms with Gasteiger partial charge in [0.1, 0.15) is 13.2 Å². The second-order valence-electron chi connectivity index (χ2n) is 22.0. The van der Waals surface area contributed by atoms with E-state index in [0.29, 0.717) is 19.3 Å². The van der Waals surface area contributed by atoms with Crippen LogP contribution in [0, 0.1) is 0 Å². The van der Waals surface area contributed by atoms with Crippen LogP contribution in [0.15, 0.2) is 97.2 Å². The van der Waals surface area contributed by atoms with Gasteiger partial charge in [0, 0.05) is 19.3 Å². The summed E-state index contributed by atoms with van der Waals surface area (Å²) in [6, 6.07) is 0. The molecule has 78 heavy (non-hydrogen) atoms. The summed E-state index contributed by atoms with van der Waals surface area (Å²) in [6.45, 7) is 6.52. The molecule has 6 heteroatoms. The molecule has 0 aromatic heterocycles. The highest BCUT2D eigenvalue weighted by atomic mass is 16.6. The summed E-state index contributed by atoms with van der Waals surface area (Å²) in [4.78, 5) is 38.2. The Bertz CT molecular complexity index is 1530. The zero-order chi connectivity index (χ0) is 56.4. The van der Waals surface area contributed by atoms with E-state index in [9.17, 15) is 14.4 Å². The van der Waals surface area contributed by atoms with Crippen LogP contribution in [0.5, 0.6) is 0 Å². The van der Waals surface area contributed by atoms with Gasteiger partial charge in [0.05, 0.1) is 0 Å². The molecule has 0 heterocycles. The number of carbonyl (C=O) groups excluding carboxylic acids is 3. The molecule has 0 radical (unpaired) electrons. The third-order valence-corrected chi connectivity index (χ3v) is 14.3. The van der Waals surface area contributed by atoms with E-state index in [2.05, 4.69) is 118 Å². The smallest absolute Gasteiger partial charge is 0.306 e. The molecule has 0 bridgehead atoms. The first-order valence-corrected chi connectivity index (χ1v) is 33.2. The molecule has 0 rings (SSSR count). The highest BCUT2D eigenvalue weighted by Gasteiger charge is 2.19. The maximum atomic E-state index is 12.9. The molecule has 6 nitrogen and oxygen atoms in total. The molecule has 0 amide bonds. The molecule has 1 atom stereocenters. The Kier molecular flexibility index (Phi) is 62.7. The van der Waals surface area contributed by atoms with Crippen LogP contribution in [0.4, 0.5) is 0 Å². The summed E-state index contributed by atoms with van der Waals surface area (Å²) in [6.07, 6.45) is 88.6. The van der Waals surface area contributed by atoms with Crippen molar-refractivity contribution in [2.75, 3.05) is 13.2 Å². The van der Waals surface area contributed by atoms with E-state index in [1.807, 2.05) is 0 Å². The van der Waals surface area contributed by atoms with Crippen molar-refractivity contribution in [3.63, 3.8) is 0 Å². The van der Waals surface area contributed by atoms with Gasteiger partial charge < -0.3 is 14.2 Å². The van der Waals surface area contributed by atoms with Crippen LogP contribution in [0.3, 0.4) is 0 Å². The lowest BCUT2D eigenvalue weighted by Gasteiger charge is -2.18. The number of hydrogen-bond acceptors (Lipinski definition) is 6. The van der Waals surface area contributed by atoms with Gasteiger partial charge in [-0.15, -0.1) is 0 Å². The first-order chi connectivity index (χ1) is 38.5. The summed E-state index contributed by atoms with van der Waals surface area (Å²) in [5.74, 6) is -0.885. The number of allylic oxidation sites excluding steroid dienone is 16. The Morgan fingerprint density at radius 1 is 0.269 bits per heavy atom. The standard InChI is InChI=1S/C72H124O6/c1-4-7-10-13-16-19-21-23-25-27-29-31-33-34-35-36-37-38-40-41-43-45-47-49-51-53-56-59-62-65-71(74)77-68-69(67-76-70(73)64-61-58-55-18-15-12-9-6-3)78-72(75)66-63-60-57-54-52-50-48-46-44-42-39-32-30-28-26-24-22-20-17-14-11-8-5-2/h7,10,16,19,23,25,28-31,34-35,37-38,41,43,69H,4-6,8-9,11-15,17-18,20-22,24,26-27,32-33,36,39-40,42,44-68H2,1-3H3/b10-7-,19-16-,25-23-,30-28-,31-29-,35-34-,38-37-,43-41-. The zero-order valence-corrected chi connectivity index (χ0v) is 51.4. The average molecular weight is 1090 g/mol. The van der Waals surface area contributed by atoms with Gasteiger partial charge in [-0.25, -0.2) is 0 Å². The normalized spacial score (nSPS) is 12.7. The Labute approximate surface area is 483 Å². The number of ether oxygens (including phenoxy) is 3. The third-order valence-electron chi connectivity index (χ3n) is 14.3. The second kappa shape index (κ2) is 65.8. The minimum Gasteiger partial charge on any atom is -0.462 e. The fourth-order valence-electron chi connectivity index (χ4n) is 9.36. The van der Waals surface area contributed by atoms with Crippen LogP contribution < -0.4 is 0 Å². The predicted octanol–water partition coefficient (Wildman–Crippen LogP) is 22.8. The van der Waals surface area contributed by atoms with E-state index in [1.54, 1.807) is 0 Å². The van der Waals surface area contributed by atoms with Crippen LogP contribution in [-0.2, 0) is 28.6 Å². The molecule has 448 valence electrons. The number of hydrogen-bond donors (Lipinski definition) is 0. The molecule has 1 unspecified atom stereocenters. The van der Waals surface area contributed by atoms with Gasteiger partial charge in [0.25, 0.3) is 0 Å². The van der Waals surface area contributed by atoms with E-state index >= 15 is 0 Å². The molecular weight excluding hydrogens is 961 g/mol. The first-order valence-electron chi connectivity index (χ1n) is 33.2. The van der Waals surface area contributed by atoms with Gasteiger partial charge in [-0.3, -0.25) is 14.4 Å². The molecule has 0 aliphatic rings. The van der Waals surface area contributed by atoms with E-state index in [1.165, 1.54) is 173 Å². The van der Waals surface area contributed by atoms with Crippen molar-refractivity contribution in [3.05, 3.63) is 97.2 Å². The highest BCUT2D eigenvalue weighted by Crippen LogP contribution is 2.16. The molecule has 0 aromatic rings. The van der Waals surface area contributed by atoms with Gasteiger partial charge in [0.2, 0.25) is 0 Å². The fourth-order valence-corrected chi connectivity index (χ4v) is 9.36. The largest absolute Gasteiger partial charge is 0.462 e. The molecular formula is C72H124O6. The van der Waals surface area contributed by atoms with E-state index in [-0.39, 0.29) is 31.1 Å². The SMILES string of the molecule is CC/C=C\C/C=C\C/C=C\C/C=C\C/C=C\C/C=C\C/C=C\CCCCCCCCCC(=O)OCC(COC(=O)CCCCCCCCCC)OC(=O)CCCCCCCCCCCCC/C=C\CCCCCCCCCC. The molecule has 0 N–H and O–H groups in total. The summed E-state index contributed by atoms with van der Waals surface area (Å²) in [7, 11) is 0. The minimum absolute atomic E-state index is 0.0788. The number of unbranched alkanes of at least 4 members (excludes halogenated alkanes) is 33. The van der Waals surface area contributed by atoms with Crippen LogP contribution in [0.2, 0.25) is 0 Å². The van der Waals surface area contributed by atoms with Gasteiger partial charge >= 0.3 is 17.9 Å². The van der Waals surface area contributed by atoms with Crippen LogP contribution in [0.25, 0.3) is 0 Å². The monoisotopic (exact) mass is 1080 g/mol. The quantitative estimate of drug-likeness (QED) is 0.0261. The lowest BCUT2D eigenvalue weighted by atomic mass is 10.0. The van der Waals surface area contributed by atoms with E-state index in [0.717, 1.165) is 109 Å². The molecule has 0 aliphatic heterocycles. The third kappa shape index (κ3) is 63.2. The topological polar surface area (TPSA) is 78.9 Å². The van der Waals surface area contributed by atoms with Crippen molar-refractivity contribution in [2.45, 2.75) is 329 Å². The summed E-state index contributed by atoms with van der Waals surface area (Å²) < 4.78 is 16.9. The number of rotatable bonds is 60. The molecule has 0 aromatic carbocycles. The lowest BCUT2D eigenvalue weighted by molar-refractivity contribution is -0.167. The van der Waals surface area contributed by atoms with Gasteiger partial charge in [-0.1, -0.05) is 298 Å². The maximum Gasteiger partial charge on any atom is 0.306 e. The van der Waals surface area contributed by atoms with Crippen LogP contribution >= 0.6 is 0 Å². The van der Waals surface area contributed by atoms with E-state index in [4.69, 9.17) is 14.2 Å². The van der Waals surface area contributed by atoms with Crippen molar-refractivity contribution >= 4 is 17.9 Å². The minimum atomic E-state index is -0.781. The fraction of sp³-hybridized carbons (Fsp3) is 0.736. The highest BCUT2D eigenvalue weighted by molar-refractivity contribution is 5.71. The Hall–Kier alpha value is -3.67. The second-order valence-corrected chi connectivity index (χ2v) is 22.0. The summed E-state index contributed by atoms with van der Waals surface area (Å²) in [5.41, 5.74) is 0. The molecule has 0 aliphatic carbocycles. The van der Waals surface area contributed by atoms with Crippen molar-refractivity contribution in [1.29, 1.82) is 0 Å². The average Bonchev–Trinajstić information content (AvgIpc) is 3.44. The molecule has 0 saturated carbocycles. The molecule has 0 spiro atoms. The molecule has 0 fully saturated rings.